The van der Waals surface area contributed by atoms with Gasteiger partial charge >= 0.3 is 0 Å². The van der Waals surface area contributed by atoms with E-state index in [2.05, 4.69) is 11.0 Å². The van der Waals surface area contributed by atoms with Gasteiger partial charge in [-0.2, -0.15) is 5.26 Å². The van der Waals surface area contributed by atoms with Crippen LogP contribution in [0.15, 0.2) is 24.3 Å². The molecule has 0 bridgehead atoms. The first-order valence-corrected chi connectivity index (χ1v) is 9.38. The van der Waals surface area contributed by atoms with Crippen molar-refractivity contribution < 1.29 is 4.74 Å². The molecule has 2 N–H and O–H groups in total. The molecule has 1 aromatic rings. The lowest BCUT2D eigenvalue weighted by Gasteiger charge is -2.34. The van der Waals surface area contributed by atoms with Gasteiger partial charge in [0.25, 0.3) is 0 Å². The lowest BCUT2D eigenvalue weighted by Crippen LogP contribution is -2.39. The third kappa shape index (κ3) is 5.88. The number of nitriles is 1. The van der Waals surface area contributed by atoms with Gasteiger partial charge in [-0.3, -0.25) is 0 Å². The molecule has 2 aliphatic rings. The molecule has 25 heavy (non-hydrogen) atoms. The highest BCUT2D eigenvalue weighted by molar-refractivity contribution is 5.85. The van der Waals surface area contributed by atoms with Crippen molar-refractivity contribution in [1.82, 2.24) is 4.90 Å². The van der Waals surface area contributed by atoms with E-state index in [1.165, 1.54) is 38.6 Å². The Hall–Kier alpha value is -1.28. The summed E-state index contributed by atoms with van der Waals surface area (Å²) in [7, 11) is 0. The van der Waals surface area contributed by atoms with E-state index in [9.17, 15) is 0 Å². The number of likely N-dealkylation sites (tertiary alicyclic amines) is 1. The third-order valence-corrected chi connectivity index (χ3v) is 5.58. The van der Waals surface area contributed by atoms with Crippen molar-refractivity contribution in [2.75, 3.05) is 19.6 Å². The molecule has 3 rings (SSSR count). The number of benzene rings is 1. The van der Waals surface area contributed by atoms with E-state index in [-0.39, 0.29) is 18.5 Å². The molecule has 0 aromatic heterocycles. The van der Waals surface area contributed by atoms with E-state index in [1.54, 1.807) is 0 Å². The fourth-order valence-electron chi connectivity index (χ4n) is 3.93. The van der Waals surface area contributed by atoms with Crippen molar-refractivity contribution in [3.63, 3.8) is 0 Å². The Bertz CT molecular complexity index is 558. The predicted octanol–water partition coefficient (Wildman–Crippen LogP) is 3.73. The number of halogens is 1. The van der Waals surface area contributed by atoms with Crippen LogP contribution in [0.4, 0.5) is 0 Å². The highest BCUT2D eigenvalue weighted by Gasteiger charge is 2.23. The molecule has 2 fully saturated rings. The Morgan fingerprint density at radius 3 is 2.44 bits per heavy atom. The Morgan fingerprint density at radius 2 is 1.76 bits per heavy atom. The molecular weight excluding hydrogens is 334 g/mol. The van der Waals surface area contributed by atoms with Crippen molar-refractivity contribution in [2.45, 2.75) is 57.1 Å². The zero-order valence-corrected chi connectivity index (χ0v) is 15.7. The topological polar surface area (TPSA) is 62.3 Å². The summed E-state index contributed by atoms with van der Waals surface area (Å²) in [6.07, 6.45) is 8.69. The largest absolute Gasteiger partial charge is 0.489 e. The van der Waals surface area contributed by atoms with Gasteiger partial charge in [-0.15, -0.1) is 12.4 Å². The van der Waals surface area contributed by atoms with Gasteiger partial charge in [0.2, 0.25) is 0 Å². The van der Waals surface area contributed by atoms with Crippen LogP contribution in [-0.4, -0.2) is 36.7 Å². The second kappa shape index (κ2) is 10.0. The summed E-state index contributed by atoms with van der Waals surface area (Å²) in [5, 5.41) is 9.15. The highest BCUT2D eigenvalue weighted by Crippen LogP contribution is 2.27. The van der Waals surface area contributed by atoms with Crippen LogP contribution in [0.25, 0.3) is 0 Å². The predicted molar refractivity (Wildman–Crippen MR) is 103 cm³/mol. The van der Waals surface area contributed by atoms with E-state index in [4.69, 9.17) is 15.7 Å². The number of nitrogens with zero attached hydrogens (tertiary/aromatic N) is 2. The Kier molecular flexibility index (Phi) is 8.02. The Morgan fingerprint density at radius 1 is 1.08 bits per heavy atom. The smallest absolute Gasteiger partial charge is 0.137 e. The number of ether oxygens (including phenoxy) is 1. The maximum atomic E-state index is 9.15. The zero-order chi connectivity index (χ0) is 16.8. The number of piperidine rings is 1. The molecule has 0 spiro atoms. The zero-order valence-electron chi connectivity index (χ0n) is 14.9. The second-order valence-electron chi connectivity index (χ2n) is 7.34. The first kappa shape index (κ1) is 20.0. The molecule has 1 heterocycles. The molecule has 1 aliphatic carbocycles. The molecule has 4 nitrogen and oxygen atoms in total. The van der Waals surface area contributed by atoms with Crippen molar-refractivity contribution in [3.05, 3.63) is 29.8 Å². The number of rotatable bonds is 5. The van der Waals surface area contributed by atoms with Crippen molar-refractivity contribution >= 4 is 12.4 Å². The molecule has 0 unspecified atom stereocenters. The average Bonchev–Trinajstić information content (AvgIpc) is 2.63. The summed E-state index contributed by atoms with van der Waals surface area (Å²) >= 11 is 0. The molecule has 1 saturated heterocycles. The average molecular weight is 364 g/mol. The van der Waals surface area contributed by atoms with E-state index in [1.807, 2.05) is 24.3 Å². The summed E-state index contributed by atoms with van der Waals surface area (Å²) < 4.78 is 6.07. The molecule has 1 saturated carbocycles. The molecule has 0 radical (unpaired) electrons. The fourth-order valence-corrected chi connectivity index (χ4v) is 3.93. The first-order chi connectivity index (χ1) is 11.7. The minimum Gasteiger partial charge on any atom is -0.489 e. The van der Waals surface area contributed by atoms with Crippen LogP contribution in [0, 0.1) is 17.2 Å². The van der Waals surface area contributed by atoms with Crippen LogP contribution in [0.2, 0.25) is 0 Å². The van der Waals surface area contributed by atoms with Gasteiger partial charge in [-0.05, 0) is 69.5 Å². The van der Waals surface area contributed by atoms with Gasteiger partial charge in [0.05, 0.1) is 5.56 Å². The minimum absolute atomic E-state index is 0. The monoisotopic (exact) mass is 363 g/mol. The van der Waals surface area contributed by atoms with Gasteiger partial charge < -0.3 is 15.4 Å². The normalized spacial score (nSPS) is 25.0. The van der Waals surface area contributed by atoms with E-state index >= 15 is 0 Å². The van der Waals surface area contributed by atoms with Crippen LogP contribution in [0.5, 0.6) is 5.75 Å². The fraction of sp³-hybridized carbons (Fsp3) is 0.650. The van der Waals surface area contributed by atoms with Gasteiger partial charge in [-0.25, -0.2) is 0 Å². The molecule has 5 heteroatoms. The quantitative estimate of drug-likeness (QED) is 0.865. The minimum atomic E-state index is 0. The molecule has 1 aliphatic heterocycles. The summed E-state index contributed by atoms with van der Waals surface area (Å²) in [6.45, 7) is 3.42. The maximum absolute atomic E-state index is 9.15. The SMILES string of the molecule is Cl.N#Cc1ccccc1OC1CCN(CC[C@H]2CC[C@H](N)CC2)CC1. The van der Waals surface area contributed by atoms with E-state index in [0.717, 1.165) is 37.6 Å². The third-order valence-electron chi connectivity index (χ3n) is 5.58. The van der Waals surface area contributed by atoms with Crippen LogP contribution < -0.4 is 10.5 Å². The molecule has 0 amide bonds. The molecule has 0 atom stereocenters. The molecular formula is C20H30ClN3O. The maximum Gasteiger partial charge on any atom is 0.137 e. The Labute approximate surface area is 157 Å². The lowest BCUT2D eigenvalue weighted by atomic mass is 9.84. The van der Waals surface area contributed by atoms with Gasteiger partial charge in [0.1, 0.15) is 17.9 Å². The lowest BCUT2D eigenvalue weighted by molar-refractivity contribution is 0.0950. The standard InChI is InChI=1S/C20H29N3O.ClH/c21-15-17-3-1-2-4-20(17)24-19-10-13-23(14-11-19)12-9-16-5-7-18(22)8-6-16;/h1-4,16,18-19H,5-14,22H2;1H/t16-,18-;. The van der Waals surface area contributed by atoms with Crippen LogP contribution >= 0.6 is 12.4 Å². The summed E-state index contributed by atoms with van der Waals surface area (Å²) in [6, 6.07) is 10.2. The first-order valence-electron chi connectivity index (χ1n) is 9.38. The van der Waals surface area contributed by atoms with Gasteiger partial charge in [-0.1, -0.05) is 12.1 Å². The molecule has 138 valence electrons. The van der Waals surface area contributed by atoms with Crippen LogP contribution in [0.1, 0.15) is 50.5 Å². The van der Waals surface area contributed by atoms with Crippen LogP contribution in [0.3, 0.4) is 0 Å². The number of para-hydroxylation sites is 1. The number of hydrogen-bond donors (Lipinski definition) is 1. The Balaban J connectivity index is 0.00000225. The van der Waals surface area contributed by atoms with Gasteiger partial charge in [0, 0.05) is 19.1 Å². The summed E-state index contributed by atoms with van der Waals surface area (Å²) in [4.78, 5) is 2.57. The van der Waals surface area contributed by atoms with E-state index < -0.39 is 0 Å². The number of hydrogen-bond acceptors (Lipinski definition) is 4. The summed E-state index contributed by atoms with van der Waals surface area (Å²) in [5.74, 6) is 1.61. The number of nitrogens with two attached hydrogens (primary N) is 1. The highest BCUT2D eigenvalue weighted by atomic mass is 35.5. The second-order valence-corrected chi connectivity index (χ2v) is 7.34. The van der Waals surface area contributed by atoms with Crippen molar-refractivity contribution in [3.8, 4) is 11.8 Å². The van der Waals surface area contributed by atoms with Crippen molar-refractivity contribution in [1.29, 1.82) is 5.26 Å². The van der Waals surface area contributed by atoms with Crippen molar-refractivity contribution in [2.24, 2.45) is 11.7 Å². The van der Waals surface area contributed by atoms with Gasteiger partial charge in [0.15, 0.2) is 0 Å². The molecule has 1 aromatic carbocycles. The van der Waals surface area contributed by atoms with E-state index in [0.29, 0.717) is 11.6 Å². The van der Waals surface area contributed by atoms with Crippen LogP contribution in [-0.2, 0) is 0 Å². The summed E-state index contributed by atoms with van der Waals surface area (Å²) in [5.41, 5.74) is 6.63.